The molecule has 0 aromatic heterocycles. The van der Waals surface area contributed by atoms with E-state index in [1.54, 1.807) is 6.07 Å². The molecule has 0 amide bonds. The number of Topliss-reactive ketones (excluding diaryl/α,β-unsaturated/α-hetero) is 1. The second kappa shape index (κ2) is 4.13. The first-order valence-electron chi connectivity index (χ1n) is 5.47. The van der Waals surface area contributed by atoms with Crippen molar-refractivity contribution in [2.75, 3.05) is 0 Å². The van der Waals surface area contributed by atoms with Crippen LogP contribution in [0.4, 0.5) is 4.39 Å². The summed E-state index contributed by atoms with van der Waals surface area (Å²) < 4.78 is 13.6. The predicted octanol–water partition coefficient (Wildman–Crippen LogP) is 3.36. The zero-order valence-electron chi connectivity index (χ0n) is 8.92. The first-order chi connectivity index (χ1) is 7.18. The number of hydrogen-bond donors (Lipinski definition) is 0. The Labute approximate surface area is 89.3 Å². The van der Waals surface area contributed by atoms with E-state index in [1.165, 1.54) is 6.07 Å². The smallest absolute Gasteiger partial charge is 0.140 e. The van der Waals surface area contributed by atoms with Gasteiger partial charge in [0.2, 0.25) is 0 Å². The molecule has 1 nitrogen and oxygen atoms in total. The highest BCUT2D eigenvalue weighted by Crippen LogP contribution is 2.31. The van der Waals surface area contributed by atoms with Crippen molar-refractivity contribution >= 4 is 5.78 Å². The number of benzene rings is 1. The zero-order valence-corrected chi connectivity index (χ0v) is 8.92. The lowest BCUT2D eigenvalue weighted by molar-refractivity contribution is -0.121. The second-order valence-corrected chi connectivity index (χ2v) is 4.29. The van der Waals surface area contributed by atoms with Crippen LogP contribution in [0.25, 0.3) is 0 Å². The number of aryl methyl sites for hydroxylation is 1. The number of halogens is 1. The van der Waals surface area contributed by atoms with E-state index < -0.39 is 0 Å². The Kier molecular flexibility index (Phi) is 2.85. The van der Waals surface area contributed by atoms with Gasteiger partial charge >= 0.3 is 0 Å². The van der Waals surface area contributed by atoms with E-state index in [0.29, 0.717) is 12.0 Å². The molecule has 0 N–H and O–H groups in total. The van der Waals surface area contributed by atoms with Gasteiger partial charge in [-0.3, -0.25) is 4.79 Å². The van der Waals surface area contributed by atoms with Gasteiger partial charge in [-0.15, -0.1) is 0 Å². The van der Waals surface area contributed by atoms with Crippen molar-refractivity contribution in [2.24, 2.45) is 0 Å². The molecule has 0 saturated heterocycles. The van der Waals surface area contributed by atoms with Crippen molar-refractivity contribution in [2.45, 2.75) is 38.5 Å². The van der Waals surface area contributed by atoms with E-state index in [-0.39, 0.29) is 17.5 Å². The molecular weight excluding hydrogens is 191 g/mol. The van der Waals surface area contributed by atoms with Gasteiger partial charge in [-0.05, 0) is 31.4 Å². The van der Waals surface area contributed by atoms with Crippen LogP contribution in [0.15, 0.2) is 18.2 Å². The van der Waals surface area contributed by atoms with E-state index in [0.717, 1.165) is 24.8 Å². The minimum absolute atomic E-state index is 0.196. The molecule has 0 spiro atoms. The van der Waals surface area contributed by atoms with Crippen LogP contribution in [0.5, 0.6) is 0 Å². The van der Waals surface area contributed by atoms with Crippen molar-refractivity contribution in [3.8, 4) is 0 Å². The summed E-state index contributed by atoms with van der Waals surface area (Å²) in [6, 6.07) is 5.02. The molecule has 1 fully saturated rings. The van der Waals surface area contributed by atoms with Crippen LogP contribution in [-0.4, -0.2) is 5.78 Å². The Bertz CT molecular complexity index is 384. The van der Waals surface area contributed by atoms with Crippen LogP contribution in [-0.2, 0) is 4.79 Å². The van der Waals surface area contributed by atoms with Crippen molar-refractivity contribution in [3.05, 3.63) is 35.1 Å². The van der Waals surface area contributed by atoms with E-state index in [9.17, 15) is 9.18 Å². The van der Waals surface area contributed by atoms with Crippen LogP contribution in [0.3, 0.4) is 0 Å². The summed E-state index contributed by atoms with van der Waals surface area (Å²) >= 11 is 0. The molecule has 0 heterocycles. The van der Waals surface area contributed by atoms with Crippen molar-refractivity contribution in [3.63, 3.8) is 0 Å². The summed E-state index contributed by atoms with van der Waals surface area (Å²) in [6.07, 6.45) is 3.41. The van der Waals surface area contributed by atoms with Crippen molar-refractivity contribution in [1.29, 1.82) is 0 Å². The standard InChI is InChI=1S/C13H15FO/c1-9-6-7-12(14)11(8-9)10-4-2-3-5-13(10)15/h6-8,10H,2-5H2,1H3. The van der Waals surface area contributed by atoms with Gasteiger partial charge in [0.15, 0.2) is 0 Å². The fraction of sp³-hybridized carbons (Fsp3) is 0.462. The lowest BCUT2D eigenvalue weighted by Crippen LogP contribution is -2.18. The van der Waals surface area contributed by atoms with Gasteiger partial charge in [-0.2, -0.15) is 0 Å². The highest BCUT2D eigenvalue weighted by atomic mass is 19.1. The SMILES string of the molecule is Cc1ccc(F)c(C2CCCCC2=O)c1. The molecule has 1 aliphatic carbocycles. The maximum atomic E-state index is 13.6. The van der Waals surface area contributed by atoms with Gasteiger partial charge < -0.3 is 0 Å². The predicted molar refractivity (Wildman–Crippen MR) is 57.4 cm³/mol. The molecule has 0 aliphatic heterocycles. The molecule has 2 rings (SSSR count). The van der Waals surface area contributed by atoms with Gasteiger partial charge in [-0.25, -0.2) is 4.39 Å². The molecule has 1 aromatic rings. The van der Waals surface area contributed by atoms with Gasteiger partial charge in [0.1, 0.15) is 11.6 Å². The summed E-state index contributed by atoms with van der Waals surface area (Å²) in [4.78, 5) is 11.7. The number of rotatable bonds is 1. The van der Waals surface area contributed by atoms with E-state index in [2.05, 4.69) is 0 Å². The Balaban J connectivity index is 2.34. The third-order valence-electron chi connectivity index (χ3n) is 3.08. The molecule has 1 atom stereocenters. The second-order valence-electron chi connectivity index (χ2n) is 4.29. The molecule has 1 aromatic carbocycles. The van der Waals surface area contributed by atoms with E-state index >= 15 is 0 Å². The fourth-order valence-electron chi connectivity index (χ4n) is 2.24. The van der Waals surface area contributed by atoms with Gasteiger partial charge in [0, 0.05) is 12.3 Å². The molecule has 15 heavy (non-hydrogen) atoms. The quantitative estimate of drug-likeness (QED) is 0.688. The molecular formula is C13H15FO. The van der Waals surface area contributed by atoms with Crippen LogP contribution in [0.1, 0.15) is 42.7 Å². The van der Waals surface area contributed by atoms with Crippen LogP contribution >= 0.6 is 0 Å². The lowest BCUT2D eigenvalue weighted by atomic mass is 9.82. The molecule has 1 saturated carbocycles. The summed E-state index contributed by atoms with van der Waals surface area (Å²) in [5.74, 6) is -0.231. The zero-order chi connectivity index (χ0) is 10.8. The lowest BCUT2D eigenvalue weighted by Gasteiger charge is -2.21. The van der Waals surface area contributed by atoms with Crippen LogP contribution in [0, 0.1) is 12.7 Å². The Morgan fingerprint density at radius 1 is 1.33 bits per heavy atom. The first kappa shape index (κ1) is 10.3. The molecule has 1 unspecified atom stereocenters. The average Bonchev–Trinajstić information content (AvgIpc) is 2.23. The minimum Gasteiger partial charge on any atom is -0.299 e. The first-order valence-corrected chi connectivity index (χ1v) is 5.47. The van der Waals surface area contributed by atoms with Crippen molar-refractivity contribution in [1.82, 2.24) is 0 Å². The summed E-state index contributed by atoms with van der Waals surface area (Å²) in [5.41, 5.74) is 1.62. The number of carbonyl (C=O) groups is 1. The summed E-state index contributed by atoms with van der Waals surface area (Å²) in [6.45, 7) is 1.93. The normalized spacial score (nSPS) is 21.7. The Morgan fingerprint density at radius 3 is 2.87 bits per heavy atom. The fourth-order valence-corrected chi connectivity index (χ4v) is 2.24. The third-order valence-corrected chi connectivity index (χ3v) is 3.08. The highest BCUT2D eigenvalue weighted by molar-refractivity contribution is 5.86. The topological polar surface area (TPSA) is 17.1 Å². The van der Waals surface area contributed by atoms with Gasteiger partial charge in [-0.1, -0.05) is 24.1 Å². The van der Waals surface area contributed by atoms with Crippen molar-refractivity contribution < 1.29 is 9.18 Å². The highest BCUT2D eigenvalue weighted by Gasteiger charge is 2.25. The molecule has 0 bridgehead atoms. The average molecular weight is 206 g/mol. The number of ketones is 1. The molecule has 1 aliphatic rings. The summed E-state index contributed by atoms with van der Waals surface area (Å²) in [5, 5.41) is 0. The third kappa shape index (κ3) is 2.09. The number of carbonyl (C=O) groups excluding carboxylic acids is 1. The monoisotopic (exact) mass is 206 g/mol. The maximum Gasteiger partial charge on any atom is 0.140 e. The Morgan fingerprint density at radius 2 is 2.13 bits per heavy atom. The molecule has 0 radical (unpaired) electrons. The minimum atomic E-state index is -0.235. The van der Waals surface area contributed by atoms with E-state index in [4.69, 9.17) is 0 Å². The largest absolute Gasteiger partial charge is 0.299 e. The van der Waals surface area contributed by atoms with Crippen LogP contribution in [0.2, 0.25) is 0 Å². The van der Waals surface area contributed by atoms with Crippen LogP contribution < -0.4 is 0 Å². The van der Waals surface area contributed by atoms with Gasteiger partial charge in [0.05, 0.1) is 0 Å². The molecule has 80 valence electrons. The Hall–Kier alpha value is -1.18. The maximum absolute atomic E-state index is 13.6. The van der Waals surface area contributed by atoms with Gasteiger partial charge in [0.25, 0.3) is 0 Å². The van der Waals surface area contributed by atoms with E-state index in [1.807, 2.05) is 13.0 Å². The molecule has 2 heteroatoms. The number of hydrogen-bond acceptors (Lipinski definition) is 1. The summed E-state index contributed by atoms with van der Waals surface area (Å²) in [7, 11) is 0.